The van der Waals surface area contributed by atoms with E-state index in [1.807, 2.05) is 6.08 Å². The van der Waals surface area contributed by atoms with E-state index in [1.165, 1.54) is 38.5 Å². The van der Waals surface area contributed by atoms with Gasteiger partial charge in [-0.05, 0) is 88.4 Å². The van der Waals surface area contributed by atoms with E-state index in [0.29, 0.717) is 5.60 Å². The van der Waals surface area contributed by atoms with E-state index in [-0.39, 0.29) is 0 Å². The summed E-state index contributed by atoms with van der Waals surface area (Å²) in [5.41, 5.74) is 0.399. The topological polar surface area (TPSA) is 9.23 Å². The van der Waals surface area contributed by atoms with Crippen LogP contribution in [0, 0.1) is 30.6 Å². The lowest BCUT2D eigenvalue weighted by molar-refractivity contribution is -0.0653. The van der Waals surface area contributed by atoms with Crippen LogP contribution >= 0.6 is 0 Å². The van der Waals surface area contributed by atoms with E-state index < -0.39 is 0 Å². The molecule has 1 spiro atoms. The number of fused-ring (bicyclic) bond motifs is 6. The number of hydrogen-bond acceptors (Lipinski definition) is 1. The van der Waals surface area contributed by atoms with Crippen molar-refractivity contribution >= 4 is 0 Å². The summed E-state index contributed by atoms with van der Waals surface area (Å²) in [7, 11) is 0. The summed E-state index contributed by atoms with van der Waals surface area (Å²) in [5, 5.41) is 0. The van der Waals surface area contributed by atoms with Gasteiger partial charge in [-0.25, -0.2) is 0 Å². The Bertz CT molecular complexity index is 416. The quantitative estimate of drug-likeness (QED) is 0.449. The molecule has 4 rings (SSSR count). The lowest BCUT2D eigenvalue weighted by Crippen LogP contribution is -2.40. The third kappa shape index (κ3) is 3.60. The van der Waals surface area contributed by atoms with Gasteiger partial charge in [-0.15, -0.1) is 0 Å². The van der Waals surface area contributed by atoms with Gasteiger partial charge in [-0.3, -0.25) is 0 Å². The van der Waals surface area contributed by atoms with Crippen molar-refractivity contribution in [2.75, 3.05) is 6.61 Å². The monoisotopic (exact) mass is 315 g/mol. The third-order valence-electron chi connectivity index (χ3n) is 6.79. The predicted molar refractivity (Wildman–Crippen MR) is 98.1 cm³/mol. The highest BCUT2D eigenvalue weighted by Gasteiger charge is 2.62. The average Bonchev–Trinajstić information content (AvgIpc) is 3.31. The molecule has 5 unspecified atom stereocenters. The first kappa shape index (κ1) is 17.3. The molecule has 4 aliphatic rings. The molecule has 3 saturated carbocycles. The number of allylic oxidation sites excluding steroid dienone is 4. The molecular weight excluding hydrogens is 280 g/mol. The third-order valence-corrected chi connectivity index (χ3v) is 6.79. The molecule has 1 aliphatic heterocycles. The maximum Gasteiger partial charge on any atom is 0.0717 e. The Morgan fingerprint density at radius 1 is 1.09 bits per heavy atom. The van der Waals surface area contributed by atoms with Crippen LogP contribution < -0.4 is 0 Å². The molecule has 0 aromatic heterocycles. The molecule has 3 aliphatic carbocycles. The molecule has 0 N–H and O–H groups in total. The lowest BCUT2D eigenvalue weighted by atomic mass is 9.72. The van der Waals surface area contributed by atoms with Crippen LogP contribution in [-0.4, -0.2) is 12.2 Å². The van der Waals surface area contributed by atoms with Crippen LogP contribution in [0.3, 0.4) is 0 Å². The molecular formula is C22H35O. The summed E-state index contributed by atoms with van der Waals surface area (Å²) < 4.78 is 6.14. The van der Waals surface area contributed by atoms with Crippen molar-refractivity contribution in [3.8, 4) is 0 Å². The highest BCUT2D eigenvalue weighted by atomic mass is 16.5. The highest BCUT2D eigenvalue weighted by Crippen LogP contribution is 2.65. The van der Waals surface area contributed by atoms with E-state index in [0.717, 1.165) is 49.5 Å². The Labute approximate surface area is 143 Å². The number of unbranched alkanes of at least 4 members (excludes halogenated alkanes) is 1. The van der Waals surface area contributed by atoms with Gasteiger partial charge in [0.05, 0.1) is 5.60 Å². The first-order valence-electron chi connectivity index (χ1n) is 10.0. The van der Waals surface area contributed by atoms with E-state index in [2.05, 4.69) is 32.1 Å². The van der Waals surface area contributed by atoms with Crippen LogP contribution in [0.15, 0.2) is 24.3 Å². The van der Waals surface area contributed by atoms with Crippen LogP contribution in [0.1, 0.15) is 71.1 Å². The molecule has 1 saturated heterocycles. The molecule has 1 nitrogen and oxygen atoms in total. The minimum Gasteiger partial charge on any atom is -0.375 e. The second kappa shape index (κ2) is 8.01. The van der Waals surface area contributed by atoms with E-state index in [4.69, 9.17) is 4.74 Å². The van der Waals surface area contributed by atoms with E-state index in [9.17, 15) is 0 Å². The molecule has 1 heterocycles. The molecule has 129 valence electrons. The fraction of sp³-hybridized carbons (Fsp3) is 0.773. The Kier molecular flexibility index (Phi) is 6.01. The Hall–Kier alpha value is -0.560. The van der Waals surface area contributed by atoms with Crippen molar-refractivity contribution in [1.29, 1.82) is 0 Å². The van der Waals surface area contributed by atoms with Gasteiger partial charge >= 0.3 is 0 Å². The van der Waals surface area contributed by atoms with Gasteiger partial charge in [0.2, 0.25) is 0 Å². The normalized spacial score (nSPS) is 41.1. The maximum atomic E-state index is 6.14. The lowest BCUT2D eigenvalue weighted by Gasteiger charge is -2.39. The average molecular weight is 316 g/mol. The first-order valence-corrected chi connectivity index (χ1v) is 10.0. The first-order chi connectivity index (χ1) is 11.3. The largest absolute Gasteiger partial charge is 0.375 e. The summed E-state index contributed by atoms with van der Waals surface area (Å²) in [6, 6.07) is 0. The molecule has 2 bridgehead atoms. The Morgan fingerprint density at radius 3 is 2.65 bits per heavy atom. The summed E-state index contributed by atoms with van der Waals surface area (Å²) in [6.07, 6.45) is 22.0. The van der Waals surface area contributed by atoms with Gasteiger partial charge in [0.1, 0.15) is 0 Å². The van der Waals surface area contributed by atoms with Gasteiger partial charge in [-0.1, -0.05) is 37.6 Å². The molecule has 23 heavy (non-hydrogen) atoms. The van der Waals surface area contributed by atoms with Crippen LogP contribution in [0.25, 0.3) is 0 Å². The minimum absolute atomic E-state index is 0.399. The highest BCUT2D eigenvalue weighted by molar-refractivity contribution is 5.11. The predicted octanol–water partition coefficient (Wildman–Crippen LogP) is 6.11. The Morgan fingerprint density at radius 2 is 1.91 bits per heavy atom. The second-order valence-electron chi connectivity index (χ2n) is 8.01. The smallest absolute Gasteiger partial charge is 0.0717 e. The van der Waals surface area contributed by atoms with Crippen LogP contribution in [0.5, 0.6) is 0 Å². The van der Waals surface area contributed by atoms with Crippen molar-refractivity contribution in [2.24, 2.45) is 23.7 Å². The van der Waals surface area contributed by atoms with Crippen LogP contribution in [-0.2, 0) is 4.74 Å². The van der Waals surface area contributed by atoms with Crippen LogP contribution in [0.2, 0.25) is 0 Å². The summed E-state index contributed by atoms with van der Waals surface area (Å²) in [4.78, 5) is 0. The number of hydrogen-bond donors (Lipinski definition) is 0. The zero-order valence-electron chi connectivity index (χ0n) is 15.0. The zero-order chi connectivity index (χ0) is 16.1. The fourth-order valence-electron chi connectivity index (χ4n) is 5.98. The molecule has 5 atom stereocenters. The molecule has 0 aromatic carbocycles. The zero-order valence-corrected chi connectivity index (χ0v) is 15.0. The van der Waals surface area contributed by atoms with Gasteiger partial charge in [0.15, 0.2) is 0 Å². The SMILES string of the molecule is C1CC2C3CC(C2C1)C1(CCCO1)C3.[CH2]C=CCCC=CCC. The standard InChI is InChI=1S/C13H20O.C9H15/c1-3-10-9-7-12(11(10)4-1)13(8-9)5-2-6-14-13;1-3-5-7-9-8-6-4-2/h9-12H,1-8H2;3,5-6,8H,1,4,7,9H2,2H3. The molecule has 0 aromatic rings. The summed E-state index contributed by atoms with van der Waals surface area (Å²) >= 11 is 0. The van der Waals surface area contributed by atoms with Crippen LogP contribution in [0.4, 0.5) is 0 Å². The molecule has 0 amide bonds. The fourth-order valence-corrected chi connectivity index (χ4v) is 5.98. The van der Waals surface area contributed by atoms with Crippen molar-refractivity contribution in [3.05, 3.63) is 31.2 Å². The molecule has 1 radical (unpaired) electrons. The Balaban J connectivity index is 0.000000154. The summed E-state index contributed by atoms with van der Waals surface area (Å²) in [6.45, 7) is 6.80. The van der Waals surface area contributed by atoms with Gasteiger partial charge in [0.25, 0.3) is 0 Å². The number of ether oxygens (including phenoxy) is 1. The maximum absolute atomic E-state index is 6.14. The van der Waals surface area contributed by atoms with Gasteiger partial charge < -0.3 is 4.74 Å². The van der Waals surface area contributed by atoms with Crippen molar-refractivity contribution in [1.82, 2.24) is 0 Å². The molecule has 4 fully saturated rings. The summed E-state index contributed by atoms with van der Waals surface area (Å²) in [5.74, 6) is 4.23. The second-order valence-corrected chi connectivity index (χ2v) is 8.01. The van der Waals surface area contributed by atoms with Crippen molar-refractivity contribution in [2.45, 2.75) is 76.7 Å². The minimum atomic E-state index is 0.399. The van der Waals surface area contributed by atoms with Gasteiger partial charge in [0, 0.05) is 6.61 Å². The number of rotatable bonds is 4. The molecule has 1 heteroatoms. The van der Waals surface area contributed by atoms with E-state index in [1.54, 1.807) is 6.42 Å². The van der Waals surface area contributed by atoms with Crippen molar-refractivity contribution in [3.63, 3.8) is 0 Å². The van der Waals surface area contributed by atoms with E-state index >= 15 is 0 Å². The van der Waals surface area contributed by atoms with Crippen molar-refractivity contribution < 1.29 is 4.74 Å². The van der Waals surface area contributed by atoms with Gasteiger partial charge in [-0.2, -0.15) is 0 Å².